The highest BCUT2D eigenvalue weighted by Crippen LogP contribution is 2.50. The van der Waals surface area contributed by atoms with E-state index < -0.39 is 41.0 Å². The Balaban J connectivity index is 1.65. The summed E-state index contributed by atoms with van der Waals surface area (Å²) in [6, 6.07) is 8.13. The van der Waals surface area contributed by atoms with Gasteiger partial charge in [0.1, 0.15) is 5.82 Å². The number of carboxylic acids is 1. The number of alkyl halides is 3. The lowest BCUT2D eigenvalue weighted by atomic mass is 9.92. The molecule has 188 valence electrons. The van der Waals surface area contributed by atoms with Crippen LogP contribution in [-0.2, 0) is 16.4 Å². The van der Waals surface area contributed by atoms with Gasteiger partial charge < -0.3 is 15.5 Å². The van der Waals surface area contributed by atoms with Crippen LogP contribution in [0.15, 0.2) is 48.7 Å². The van der Waals surface area contributed by atoms with Crippen molar-refractivity contribution >= 4 is 17.6 Å². The van der Waals surface area contributed by atoms with Crippen LogP contribution in [0.5, 0.6) is 0 Å². The molecule has 1 unspecified atom stereocenters. The summed E-state index contributed by atoms with van der Waals surface area (Å²) in [7, 11) is 0. The molecule has 10 heteroatoms. The van der Waals surface area contributed by atoms with Gasteiger partial charge in [-0.25, -0.2) is 9.18 Å². The number of aromatic nitrogens is 1. The minimum absolute atomic E-state index is 0.109. The van der Waals surface area contributed by atoms with E-state index in [1.165, 1.54) is 12.3 Å². The number of aryl methyl sites for hydroxylation is 1. The van der Waals surface area contributed by atoms with E-state index in [-0.39, 0.29) is 29.7 Å². The Labute approximate surface area is 203 Å². The average Bonchev–Trinajstić information content (AvgIpc) is 3.60. The van der Waals surface area contributed by atoms with E-state index in [0.29, 0.717) is 28.5 Å². The zero-order valence-corrected chi connectivity index (χ0v) is 19.3. The molecule has 0 spiro atoms. The number of aromatic carboxylic acids is 1. The minimum atomic E-state index is -4.71. The van der Waals surface area contributed by atoms with Gasteiger partial charge in [-0.2, -0.15) is 13.2 Å². The Morgan fingerprint density at radius 2 is 1.81 bits per heavy atom. The van der Waals surface area contributed by atoms with Crippen molar-refractivity contribution in [2.24, 2.45) is 0 Å². The van der Waals surface area contributed by atoms with Crippen LogP contribution in [-0.4, -0.2) is 27.1 Å². The normalized spacial score (nSPS) is 15.3. The number of carbonyl (C=O) groups excluding carboxylic acids is 1. The van der Waals surface area contributed by atoms with Crippen LogP contribution < -0.4 is 5.32 Å². The molecule has 0 bridgehead atoms. The highest BCUT2D eigenvalue weighted by molar-refractivity contribution is 6.04. The van der Waals surface area contributed by atoms with Crippen molar-refractivity contribution in [3.05, 3.63) is 82.4 Å². The van der Waals surface area contributed by atoms with E-state index in [9.17, 15) is 37.4 Å². The van der Waals surface area contributed by atoms with Gasteiger partial charge in [0.2, 0.25) is 5.91 Å². The Morgan fingerprint density at radius 1 is 1.11 bits per heavy atom. The number of aliphatic hydroxyl groups is 1. The van der Waals surface area contributed by atoms with Gasteiger partial charge in [-0.3, -0.25) is 9.78 Å². The molecule has 1 amide bonds. The number of carbonyl (C=O) groups is 2. The van der Waals surface area contributed by atoms with Crippen LogP contribution in [0.25, 0.3) is 11.1 Å². The number of aliphatic hydroxyl groups excluding tert-OH is 1. The summed E-state index contributed by atoms with van der Waals surface area (Å²) in [4.78, 5) is 29.3. The molecule has 1 aromatic heterocycles. The number of nitrogens with zero attached hydrogens (tertiary/aromatic N) is 1. The van der Waals surface area contributed by atoms with Gasteiger partial charge in [-0.05, 0) is 62.6 Å². The van der Waals surface area contributed by atoms with Crippen molar-refractivity contribution in [2.75, 3.05) is 5.32 Å². The molecule has 0 aliphatic heterocycles. The van der Waals surface area contributed by atoms with E-state index in [1.54, 1.807) is 32.0 Å². The number of halogens is 4. The van der Waals surface area contributed by atoms with E-state index in [2.05, 4.69) is 10.3 Å². The Kier molecular flexibility index (Phi) is 6.34. The van der Waals surface area contributed by atoms with Crippen LogP contribution in [0.2, 0.25) is 0 Å². The Bertz CT molecular complexity index is 1350. The lowest BCUT2D eigenvalue weighted by Gasteiger charge is -2.19. The van der Waals surface area contributed by atoms with Crippen molar-refractivity contribution in [3.8, 4) is 11.1 Å². The summed E-state index contributed by atoms with van der Waals surface area (Å²) < 4.78 is 53.3. The van der Waals surface area contributed by atoms with E-state index in [1.807, 2.05) is 0 Å². The number of rotatable bonds is 6. The summed E-state index contributed by atoms with van der Waals surface area (Å²) in [5.41, 5.74) is -0.752. The maximum absolute atomic E-state index is 14.6. The average molecular weight is 502 g/mol. The number of benzene rings is 2. The third kappa shape index (κ3) is 4.68. The molecule has 0 saturated heterocycles. The second-order valence-corrected chi connectivity index (χ2v) is 8.90. The van der Waals surface area contributed by atoms with Crippen molar-refractivity contribution < 1.29 is 37.4 Å². The third-order valence-electron chi connectivity index (χ3n) is 6.32. The van der Waals surface area contributed by atoms with E-state index >= 15 is 0 Å². The van der Waals surface area contributed by atoms with Crippen molar-refractivity contribution in [1.29, 1.82) is 0 Å². The highest BCUT2D eigenvalue weighted by Gasteiger charge is 2.53. The minimum Gasteiger partial charge on any atom is -0.478 e. The number of anilines is 1. The number of carboxylic acid groups (broad SMARTS) is 1. The van der Waals surface area contributed by atoms with Gasteiger partial charge in [-0.15, -0.1) is 0 Å². The lowest BCUT2D eigenvalue weighted by molar-refractivity contribution is -0.137. The standard InChI is InChI=1S/C26H22F4N2O4/c1-13-9-17(11-18(23(34)35)22(13)15-3-6-21(14(2)33)31-12-15)32-24(36)25(7-8-25)19-5-4-16(10-20(19)27)26(28,29)30/h3-6,9-12,14,33H,7-8H2,1-2H3,(H,32,36)(H,34,35). The second kappa shape index (κ2) is 9.02. The molecule has 1 fully saturated rings. The molecule has 36 heavy (non-hydrogen) atoms. The first-order valence-corrected chi connectivity index (χ1v) is 11.0. The molecule has 1 aliphatic rings. The molecule has 1 saturated carbocycles. The molecule has 3 aromatic rings. The van der Waals surface area contributed by atoms with Crippen LogP contribution in [0.4, 0.5) is 23.2 Å². The summed E-state index contributed by atoms with van der Waals surface area (Å²) in [5, 5.41) is 22.1. The first kappa shape index (κ1) is 25.3. The number of hydrogen-bond donors (Lipinski definition) is 3. The fourth-order valence-corrected chi connectivity index (χ4v) is 4.29. The van der Waals surface area contributed by atoms with Gasteiger partial charge in [0, 0.05) is 28.6 Å². The molecule has 6 nitrogen and oxygen atoms in total. The quantitative estimate of drug-likeness (QED) is 0.379. The van der Waals surface area contributed by atoms with Crippen LogP contribution in [0.3, 0.4) is 0 Å². The zero-order chi connectivity index (χ0) is 26.4. The molecular formula is C26H22F4N2O4. The van der Waals surface area contributed by atoms with Crippen molar-refractivity contribution in [2.45, 2.75) is 44.4 Å². The first-order chi connectivity index (χ1) is 16.8. The third-order valence-corrected chi connectivity index (χ3v) is 6.32. The van der Waals surface area contributed by atoms with E-state index in [4.69, 9.17) is 0 Å². The fourth-order valence-electron chi connectivity index (χ4n) is 4.29. The maximum atomic E-state index is 14.6. The first-order valence-electron chi connectivity index (χ1n) is 11.0. The van der Waals surface area contributed by atoms with Gasteiger partial charge in [-0.1, -0.05) is 12.1 Å². The highest BCUT2D eigenvalue weighted by atomic mass is 19.4. The molecular weight excluding hydrogens is 480 g/mol. The largest absolute Gasteiger partial charge is 0.478 e. The molecule has 2 aromatic carbocycles. The monoisotopic (exact) mass is 502 g/mol. The summed E-state index contributed by atoms with van der Waals surface area (Å²) in [5.74, 6) is -3.00. The van der Waals surface area contributed by atoms with Gasteiger partial charge in [0.15, 0.2) is 0 Å². The topological polar surface area (TPSA) is 99.5 Å². The molecule has 1 aliphatic carbocycles. The zero-order valence-electron chi connectivity index (χ0n) is 19.3. The van der Waals surface area contributed by atoms with Crippen molar-refractivity contribution in [3.63, 3.8) is 0 Å². The molecule has 0 radical (unpaired) electrons. The molecule has 3 N–H and O–H groups in total. The summed E-state index contributed by atoms with van der Waals surface area (Å²) in [6.07, 6.45) is -3.57. The predicted octanol–water partition coefficient (Wildman–Crippen LogP) is 5.64. The van der Waals surface area contributed by atoms with Gasteiger partial charge >= 0.3 is 12.1 Å². The predicted molar refractivity (Wildman–Crippen MR) is 123 cm³/mol. The van der Waals surface area contributed by atoms with E-state index in [0.717, 1.165) is 12.1 Å². The SMILES string of the molecule is Cc1cc(NC(=O)C2(c3ccc(C(F)(F)F)cc3F)CC2)cc(C(=O)O)c1-c1ccc(C(C)O)nc1. The summed E-state index contributed by atoms with van der Waals surface area (Å²) in [6.45, 7) is 3.21. The van der Waals surface area contributed by atoms with Crippen LogP contribution in [0.1, 0.15) is 58.6 Å². The summed E-state index contributed by atoms with van der Waals surface area (Å²) >= 11 is 0. The Hall–Kier alpha value is -3.79. The number of hydrogen-bond acceptors (Lipinski definition) is 4. The maximum Gasteiger partial charge on any atom is 0.416 e. The molecule has 4 rings (SSSR count). The number of pyridine rings is 1. The lowest BCUT2D eigenvalue weighted by Crippen LogP contribution is -2.29. The van der Waals surface area contributed by atoms with Crippen LogP contribution >= 0.6 is 0 Å². The molecule has 1 atom stereocenters. The van der Waals surface area contributed by atoms with Gasteiger partial charge in [0.25, 0.3) is 0 Å². The molecule has 1 heterocycles. The number of amides is 1. The van der Waals surface area contributed by atoms with Gasteiger partial charge in [0.05, 0.1) is 28.3 Å². The van der Waals surface area contributed by atoms with Crippen molar-refractivity contribution in [1.82, 2.24) is 4.98 Å². The van der Waals surface area contributed by atoms with Crippen LogP contribution in [0, 0.1) is 12.7 Å². The smallest absolute Gasteiger partial charge is 0.416 e. The fraction of sp³-hybridized carbons (Fsp3) is 0.269. The second-order valence-electron chi connectivity index (χ2n) is 8.90. The number of nitrogens with one attached hydrogen (secondary N) is 1. The Morgan fingerprint density at radius 3 is 2.31 bits per heavy atom.